The molecule has 1 aromatic rings. The Hall–Kier alpha value is -2.64. The molecule has 1 saturated heterocycles. The van der Waals surface area contributed by atoms with Crippen LogP contribution < -0.4 is 5.32 Å². The summed E-state index contributed by atoms with van der Waals surface area (Å²) in [5.41, 5.74) is 0. The van der Waals surface area contributed by atoms with Gasteiger partial charge in [0.05, 0.1) is 0 Å². The summed E-state index contributed by atoms with van der Waals surface area (Å²) < 4.78 is 4.89. The van der Waals surface area contributed by atoms with Gasteiger partial charge in [0.2, 0.25) is 17.6 Å². The third kappa shape index (κ3) is 2.40. The van der Waals surface area contributed by atoms with Gasteiger partial charge < -0.3 is 14.4 Å². The van der Waals surface area contributed by atoms with Crippen molar-refractivity contribution in [3.05, 3.63) is 23.7 Å². The van der Waals surface area contributed by atoms with Crippen molar-refractivity contribution >= 4 is 23.7 Å². The number of carbonyl (C=O) groups is 4. The lowest BCUT2D eigenvalue weighted by molar-refractivity contribution is -0.138. The minimum absolute atomic E-state index is 0.219. The highest BCUT2D eigenvalue weighted by atomic mass is 16.4. The van der Waals surface area contributed by atoms with E-state index in [0.29, 0.717) is 6.42 Å². The number of rotatable bonds is 3. The second-order valence-electron chi connectivity index (χ2n) is 4.24. The molecule has 1 fully saturated rings. The largest absolute Gasteiger partial charge is 0.475 e. The van der Waals surface area contributed by atoms with Crippen LogP contribution in [0.15, 0.2) is 16.5 Å². The Morgan fingerprint density at radius 1 is 1.40 bits per heavy atom. The number of imide groups is 1. The maximum Gasteiger partial charge on any atom is 0.371 e. The summed E-state index contributed by atoms with van der Waals surface area (Å²) in [6.45, 7) is 1.43. The van der Waals surface area contributed by atoms with E-state index in [0.717, 1.165) is 11.0 Å². The highest BCUT2D eigenvalue weighted by Crippen LogP contribution is 2.16. The van der Waals surface area contributed by atoms with Gasteiger partial charge >= 0.3 is 5.97 Å². The van der Waals surface area contributed by atoms with E-state index < -0.39 is 29.7 Å². The number of hydrogen-bond donors (Lipinski definition) is 2. The van der Waals surface area contributed by atoms with Crippen LogP contribution in [0.25, 0.3) is 0 Å². The molecule has 20 heavy (non-hydrogen) atoms. The number of nitrogens with zero attached hydrogens (tertiary/aromatic N) is 1. The summed E-state index contributed by atoms with van der Waals surface area (Å²) in [6.07, 6.45) is 0.331. The average Bonchev–Trinajstić information content (AvgIpc) is 2.86. The second kappa shape index (κ2) is 5.16. The Morgan fingerprint density at radius 2 is 2.05 bits per heavy atom. The number of piperazine rings is 1. The first-order valence-corrected chi connectivity index (χ1v) is 5.91. The Bertz CT molecular complexity index is 591. The lowest BCUT2D eigenvalue weighted by Gasteiger charge is -2.32. The maximum atomic E-state index is 12.2. The Labute approximate surface area is 113 Å². The standard InChI is InChI=1S/C12H12N2O6/c1-2-6-10(16)13-9(15)5-14(6)11(17)7-3-4-8(20-7)12(18)19/h3-4,6H,2,5H2,1H3,(H,18,19)(H,13,15,16). The number of carboxylic acid groups (broad SMARTS) is 1. The van der Waals surface area contributed by atoms with Crippen LogP contribution in [0.2, 0.25) is 0 Å². The molecular weight excluding hydrogens is 268 g/mol. The molecule has 2 heterocycles. The molecule has 8 nitrogen and oxygen atoms in total. The molecule has 1 aromatic heterocycles. The Balaban J connectivity index is 2.27. The van der Waals surface area contributed by atoms with E-state index in [4.69, 9.17) is 9.52 Å². The third-order valence-electron chi connectivity index (χ3n) is 2.93. The van der Waals surface area contributed by atoms with E-state index >= 15 is 0 Å². The number of carboxylic acids is 1. The van der Waals surface area contributed by atoms with Gasteiger partial charge in [-0.2, -0.15) is 0 Å². The zero-order valence-corrected chi connectivity index (χ0v) is 10.6. The van der Waals surface area contributed by atoms with Gasteiger partial charge in [-0.25, -0.2) is 4.79 Å². The Kier molecular flexibility index (Phi) is 3.55. The van der Waals surface area contributed by atoms with Crippen molar-refractivity contribution in [3.8, 4) is 0 Å². The van der Waals surface area contributed by atoms with Crippen molar-refractivity contribution in [2.45, 2.75) is 19.4 Å². The van der Waals surface area contributed by atoms with E-state index in [2.05, 4.69) is 5.32 Å². The zero-order chi connectivity index (χ0) is 14.9. The molecule has 0 spiro atoms. The number of furan rings is 1. The predicted molar refractivity (Wildman–Crippen MR) is 63.9 cm³/mol. The lowest BCUT2D eigenvalue weighted by Crippen LogP contribution is -2.59. The number of hydrogen-bond acceptors (Lipinski definition) is 5. The fourth-order valence-electron chi connectivity index (χ4n) is 2.00. The maximum absolute atomic E-state index is 12.2. The minimum Gasteiger partial charge on any atom is -0.475 e. The molecule has 0 aliphatic carbocycles. The van der Waals surface area contributed by atoms with E-state index in [1.807, 2.05) is 0 Å². The van der Waals surface area contributed by atoms with Gasteiger partial charge in [0, 0.05) is 0 Å². The fraction of sp³-hybridized carbons (Fsp3) is 0.333. The first-order chi connectivity index (χ1) is 9.43. The number of nitrogens with one attached hydrogen (secondary N) is 1. The van der Waals surface area contributed by atoms with E-state index in [-0.39, 0.29) is 18.1 Å². The summed E-state index contributed by atoms with van der Waals surface area (Å²) in [5.74, 6) is -3.73. The minimum atomic E-state index is -1.30. The van der Waals surface area contributed by atoms with Crippen LogP contribution in [0.4, 0.5) is 0 Å². The van der Waals surface area contributed by atoms with Crippen LogP contribution in [-0.4, -0.2) is 46.3 Å². The molecule has 0 saturated carbocycles. The molecule has 1 aliphatic heterocycles. The summed E-state index contributed by atoms with van der Waals surface area (Å²) in [7, 11) is 0. The van der Waals surface area contributed by atoms with Crippen molar-refractivity contribution in [2.75, 3.05) is 6.54 Å². The van der Waals surface area contributed by atoms with Gasteiger partial charge in [-0.1, -0.05) is 6.92 Å². The van der Waals surface area contributed by atoms with Crippen molar-refractivity contribution < 1.29 is 28.7 Å². The fourth-order valence-corrected chi connectivity index (χ4v) is 2.00. The van der Waals surface area contributed by atoms with Crippen LogP contribution in [0.1, 0.15) is 34.5 Å². The summed E-state index contributed by atoms with van der Waals surface area (Å²) in [6, 6.07) is 1.57. The highest BCUT2D eigenvalue weighted by molar-refractivity contribution is 6.06. The Morgan fingerprint density at radius 3 is 2.60 bits per heavy atom. The van der Waals surface area contributed by atoms with Crippen molar-refractivity contribution in [1.82, 2.24) is 10.2 Å². The SMILES string of the molecule is CCC1C(=O)NC(=O)CN1C(=O)c1ccc(C(=O)O)o1. The smallest absolute Gasteiger partial charge is 0.371 e. The van der Waals surface area contributed by atoms with Crippen molar-refractivity contribution in [3.63, 3.8) is 0 Å². The van der Waals surface area contributed by atoms with Gasteiger partial charge in [0.25, 0.3) is 5.91 Å². The van der Waals surface area contributed by atoms with Gasteiger partial charge in [-0.15, -0.1) is 0 Å². The molecule has 0 bridgehead atoms. The summed E-state index contributed by atoms with van der Waals surface area (Å²) in [5, 5.41) is 10.9. The number of carbonyl (C=O) groups excluding carboxylic acids is 3. The molecule has 1 unspecified atom stereocenters. The van der Waals surface area contributed by atoms with E-state index in [1.165, 1.54) is 6.07 Å². The highest BCUT2D eigenvalue weighted by Gasteiger charge is 2.37. The molecule has 106 valence electrons. The van der Waals surface area contributed by atoms with Gasteiger partial charge in [0.1, 0.15) is 12.6 Å². The number of aromatic carboxylic acids is 1. The first-order valence-electron chi connectivity index (χ1n) is 5.91. The monoisotopic (exact) mass is 280 g/mol. The van der Waals surface area contributed by atoms with Gasteiger partial charge in [-0.05, 0) is 18.6 Å². The second-order valence-corrected chi connectivity index (χ2v) is 4.24. The molecule has 2 rings (SSSR count). The van der Waals surface area contributed by atoms with Gasteiger partial charge in [-0.3, -0.25) is 19.7 Å². The molecule has 0 radical (unpaired) electrons. The van der Waals surface area contributed by atoms with Gasteiger partial charge in [0.15, 0.2) is 5.76 Å². The molecule has 0 aromatic carbocycles. The molecule has 1 atom stereocenters. The predicted octanol–water partition coefficient (Wildman–Crippen LogP) is -0.145. The summed E-state index contributed by atoms with van der Waals surface area (Å²) in [4.78, 5) is 47.0. The zero-order valence-electron chi connectivity index (χ0n) is 10.6. The van der Waals surface area contributed by atoms with Crippen molar-refractivity contribution in [2.24, 2.45) is 0 Å². The van der Waals surface area contributed by atoms with Crippen LogP contribution in [0.3, 0.4) is 0 Å². The van der Waals surface area contributed by atoms with Crippen LogP contribution in [0, 0.1) is 0 Å². The first kappa shape index (κ1) is 13.8. The van der Waals surface area contributed by atoms with Crippen LogP contribution >= 0.6 is 0 Å². The topological polar surface area (TPSA) is 117 Å². The van der Waals surface area contributed by atoms with Crippen molar-refractivity contribution in [1.29, 1.82) is 0 Å². The van der Waals surface area contributed by atoms with Crippen LogP contribution in [0.5, 0.6) is 0 Å². The van der Waals surface area contributed by atoms with E-state index in [9.17, 15) is 19.2 Å². The lowest BCUT2D eigenvalue weighted by atomic mass is 10.1. The molecule has 8 heteroatoms. The summed E-state index contributed by atoms with van der Waals surface area (Å²) >= 11 is 0. The number of amides is 3. The quantitative estimate of drug-likeness (QED) is 0.744. The average molecular weight is 280 g/mol. The molecule has 3 amide bonds. The normalized spacial score (nSPS) is 18.9. The molecule has 2 N–H and O–H groups in total. The van der Waals surface area contributed by atoms with E-state index in [1.54, 1.807) is 6.92 Å². The molecular formula is C12H12N2O6. The molecule has 1 aliphatic rings. The van der Waals surface area contributed by atoms with Crippen LogP contribution in [-0.2, 0) is 9.59 Å². The third-order valence-corrected chi connectivity index (χ3v) is 2.93.